The Labute approximate surface area is 136 Å². The molecule has 120 valence electrons. The summed E-state index contributed by atoms with van der Waals surface area (Å²) in [6.07, 6.45) is 2.19. The van der Waals surface area contributed by atoms with Crippen molar-refractivity contribution in [2.45, 2.75) is 40.2 Å². The van der Waals surface area contributed by atoms with Gasteiger partial charge >= 0.3 is 0 Å². The first-order valence-corrected chi connectivity index (χ1v) is 7.75. The Hall–Kier alpha value is -2.61. The van der Waals surface area contributed by atoms with Crippen LogP contribution in [-0.2, 0) is 0 Å². The maximum Gasteiger partial charge on any atom is 0.255 e. The Balaban J connectivity index is 2.24. The quantitative estimate of drug-likeness (QED) is 0.922. The lowest BCUT2D eigenvalue weighted by Gasteiger charge is -2.13. The molecule has 0 aliphatic heterocycles. The number of nitriles is 1. The van der Waals surface area contributed by atoms with Crippen LogP contribution in [0.2, 0.25) is 0 Å². The van der Waals surface area contributed by atoms with Crippen LogP contribution in [0.3, 0.4) is 0 Å². The number of aromatic nitrogens is 2. The number of rotatable bonds is 5. The monoisotopic (exact) mass is 310 g/mol. The van der Waals surface area contributed by atoms with Gasteiger partial charge in [-0.1, -0.05) is 32.0 Å². The van der Waals surface area contributed by atoms with E-state index in [0.29, 0.717) is 17.9 Å². The zero-order chi connectivity index (χ0) is 17.0. The minimum atomic E-state index is -0.483. The zero-order valence-corrected chi connectivity index (χ0v) is 14.0. The fourth-order valence-electron chi connectivity index (χ4n) is 2.53. The first-order valence-electron chi connectivity index (χ1n) is 7.75. The average molecular weight is 310 g/mol. The number of carbonyl (C=O) groups is 1. The third-order valence-electron chi connectivity index (χ3n) is 3.77. The SMILES string of the molecule is Cc1ccccc1-n1ncc(C(=O)N[C@@H](C#N)CC(C)C)c1C. The molecule has 2 aromatic rings. The lowest BCUT2D eigenvalue weighted by molar-refractivity contribution is 0.0941. The molecule has 0 fully saturated rings. The van der Waals surface area contributed by atoms with Crippen molar-refractivity contribution >= 4 is 5.91 Å². The molecule has 1 heterocycles. The van der Waals surface area contributed by atoms with E-state index in [9.17, 15) is 10.1 Å². The second-order valence-corrected chi connectivity index (χ2v) is 6.13. The van der Waals surface area contributed by atoms with E-state index in [2.05, 4.69) is 16.5 Å². The lowest BCUT2D eigenvalue weighted by Crippen LogP contribution is -2.34. The third kappa shape index (κ3) is 3.78. The van der Waals surface area contributed by atoms with Gasteiger partial charge in [0.05, 0.1) is 29.2 Å². The minimum absolute atomic E-state index is 0.255. The van der Waals surface area contributed by atoms with Crippen molar-refractivity contribution in [1.82, 2.24) is 15.1 Å². The molecule has 0 bridgehead atoms. The molecule has 2 rings (SSSR count). The highest BCUT2D eigenvalue weighted by Crippen LogP contribution is 2.17. The van der Waals surface area contributed by atoms with E-state index >= 15 is 0 Å². The number of nitrogens with one attached hydrogen (secondary N) is 1. The molecule has 0 saturated carbocycles. The van der Waals surface area contributed by atoms with E-state index in [4.69, 9.17) is 0 Å². The highest BCUT2D eigenvalue weighted by atomic mass is 16.1. The second-order valence-electron chi connectivity index (χ2n) is 6.13. The van der Waals surface area contributed by atoms with Gasteiger partial charge in [-0.05, 0) is 37.8 Å². The Kier molecular flexibility index (Phi) is 5.17. The average Bonchev–Trinajstić information content (AvgIpc) is 2.88. The molecular formula is C18H22N4O. The molecule has 1 aromatic heterocycles. The summed E-state index contributed by atoms with van der Waals surface area (Å²) in [4.78, 5) is 12.4. The van der Waals surface area contributed by atoms with Gasteiger partial charge in [-0.15, -0.1) is 0 Å². The number of hydrogen-bond acceptors (Lipinski definition) is 3. The third-order valence-corrected chi connectivity index (χ3v) is 3.77. The highest BCUT2D eigenvalue weighted by molar-refractivity contribution is 5.95. The van der Waals surface area contributed by atoms with E-state index in [-0.39, 0.29) is 5.91 Å². The molecule has 0 unspecified atom stereocenters. The normalized spacial score (nSPS) is 12.0. The minimum Gasteiger partial charge on any atom is -0.336 e. The van der Waals surface area contributed by atoms with E-state index in [0.717, 1.165) is 16.9 Å². The predicted molar refractivity (Wildman–Crippen MR) is 89.4 cm³/mol. The smallest absolute Gasteiger partial charge is 0.255 e. The number of aryl methyl sites for hydroxylation is 1. The largest absolute Gasteiger partial charge is 0.336 e. The lowest BCUT2D eigenvalue weighted by atomic mass is 10.0. The van der Waals surface area contributed by atoms with E-state index in [1.54, 1.807) is 10.9 Å². The van der Waals surface area contributed by atoms with Crippen LogP contribution in [0.25, 0.3) is 5.69 Å². The van der Waals surface area contributed by atoms with E-state index in [1.807, 2.05) is 52.0 Å². The van der Waals surface area contributed by atoms with Crippen molar-refractivity contribution in [1.29, 1.82) is 5.26 Å². The van der Waals surface area contributed by atoms with Crippen molar-refractivity contribution in [3.63, 3.8) is 0 Å². The topological polar surface area (TPSA) is 70.7 Å². The van der Waals surface area contributed by atoms with Crippen molar-refractivity contribution in [3.05, 3.63) is 47.3 Å². The molecule has 1 N–H and O–H groups in total. The van der Waals surface area contributed by atoms with E-state index in [1.165, 1.54) is 0 Å². The van der Waals surface area contributed by atoms with Crippen molar-refractivity contribution in [2.75, 3.05) is 0 Å². The molecular weight excluding hydrogens is 288 g/mol. The first kappa shape index (κ1) is 16.8. The molecule has 23 heavy (non-hydrogen) atoms. The van der Waals surface area contributed by atoms with Gasteiger partial charge in [0.1, 0.15) is 6.04 Å². The Morgan fingerprint density at radius 1 is 1.35 bits per heavy atom. The van der Waals surface area contributed by atoms with Crippen LogP contribution >= 0.6 is 0 Å². The summed E-state index contributed by atoms with van der Waals surface area (Å²) in [7, 11) is 0. The summed E-state index contributed by atoms with van der Waals surface area (Å²) < 4.78 is 1.76. The fraction of sp³-hybridized carbons (Fsp3) is 0.389. The molecule has 5 nitrogen and oxygen atoms in total. The maximum atomic E-state index is 12.4. The number of carbonyl (C=O) groups excluding carboxylic acids is 1. The van der Waals surface area contributed by atoms with Gasteiger partial charge < -0.3 is 5.32 Å². The van der Waals surface area contributed by atoms with Crippen LogP contribution in [0.4, 0.5) is 0 Å². The predicted octanol–water partition coefficient (Wildman–Crippen LogP) is 3.16. The van der Waals surface area contributed by atoms with Gasteiger partial charge in [0.15, 0.2) is 0 Å². The number of amides is 1. The van der Waals surface area contributed by atoms with Crippen molar-refractivity contribution < 1.29 is 4.79 Å². The summed E-state index contributed by atoms with van der Waals surface area (Å²) in [6.45, 7) is 7.92. The van der Waals surface area contributed by atoms with Crippen LogP contribution in [-0.4, -0.2) is 21.7 Å². The molecule has 1 atom stereocenters. The number of nitrogens with zero attached hydrogens (tertiary/aromatic N) is 3. The summed E-state index contributed by atoms with van der Waals surface area (Å²) in [5.74, 6) is 0.0882. The van der Waals surface area contributed by atoms with Crippen molar-refractivity contribution in [3.8, 4) is 11.8 Å². The van der Waals surface area contributed by atoms with Crippen LogP contribution in [0.5, 0.6) is 0 Å². The number of benzene rings is 1. The Morgan fingerprint density at radius 3 is 2.65 bits per heavy atom. The summed E-state index contributed by atoms with van der Waals surface area (Å²) in [5, 5.41) is 16.3. The molecule has 0 radical (unpaired) electrons. The molecule has 1 aromatic carbocycles. The van der Waals surface area contributed by atoms with Gasteiger partial charge in [0.2, 0.25) is 0 Å². The van der Waals surface area contributed by atoms with Crippen LogP contribution < -0.4 is 5.32 Å². The van der Waals surface area contributed by atoms with E-state index < -0.39 is 6.04 Å². The fourth-order valence-corrected chi connectivity index (χ4v) is 2.53. The number of para-hydroxylation sites is 1. The second kappa shape index (κ2) is 7.10. The van der Waals surface area contributed by atoms with Crippen molar-refractivity contribution in [2.24, 2.45) is 5.92 Å². The Morgan fingerprint density at radius 2 is 2.04 bits per heavy atom. The maximum absolute atomic E-state index is 12.4. The van der Waals surface area contributed by atoms with Gasteiger partial charge in [-0.3, -0.25) is 4.79 Å². The standard InChI is InChI=1S/C18H22N4O/c1-12(2)9-15(10-19)21-18(23)16-11-20-22(14(16)4)17-8-6-5-7-13(17)3/h5-8,11-12,15H,9H2,1-4H3,(H,21,23)/t15-/m1/s1. The highest BCUT2D eigenvalue weighted by Gasteiger charge is 2.19. The number of hydrogen-bond donors (Lipinski definition) is 1. The molecule has 0 saturated heterocycles. The van der Waals surface area contributed by atoms with Crippen LogP contribution in [0, 0.1) is 31.1 Å². The van der Waals surface area contributed by atoms with Gasteiger partial charge in [0.25, 0.3) is 5.91 Å². The van der Waals surface area contributed by atoms with Crippen LogP contribution in [0.1, 0.15) is 41.9 Å². The molecule has 0 aliphatic carbocycles. The van der Waals surface area contributed by atoms with Gasteiger partial charge in [0, 0.05) is 0 Å². The molecule has 1 amide bonds. The summed E-state index contributed by atoms with van der Waals surface area (Å²) in [5.41, 5.74) is 3.29. The molecule has 0 aliphatic rings. The van der Waals surface area contributed by atoms with Crippen LogP contribution in [0.15, 0.2) is 30.5 Å². The molecule has 0 spiro atoms. The van der Waals surface area contributed by atoms with Gasteiger partial charge in [-0.2, -0.15) is 10.4 Å². The summed E-state index contributed by atoms with van der Waals surface area (Å²) >= 11 is 0. The zero-order valence-electron chi connectivity index (χ0n) is 14.0. The Bertz CT molecular complexity index is 740. The summed E-state index contributed by atoms with van der Waals surface area (Å²) in [6, 6.07) is 9.54. The van der Waals surface area contributed by atoms with Gasteiger partial charge in [-0.25, -0.2) is 4.68 Å². The first-order chi connectivity index (χ1) is 10.9. The molecule has 5 heteroatoms.